The molecule has 9 heteroatoms. The van der Waals surface area contributed by atoms with Crippen LogP contribution in [0.15, 0.2) is 42.6 Å². The van der Waals surface area contributed by atoms with Crippen molar-refractivity contribution in [3.8, 4) is 0 Å². The Bertz CT molecular complexity index is 1390. The van der Waals surface area contributed by atoms with Gasteiger partial charge < -0.3 is 4.90 Å². The molecule has 1 N–H and O–H groups in total. The molecule has 1 atom stereocenters. The van der Waals surface area contributed by atoms with Gasteiger partial charge in [-0.15, -0.1) is 0 Å². The summed E-state index contributed by atoms with van der Waals surface area (Å²) in [4.78, 5) is 50.1. The predicted octanol–water partition coefficient (Wildman–Crippen LogP) is 2.91. The number of amides is 3. The Morgan fingerprint density at radius 3 is 2.58 bits per heavy atom. The van der Waals surface area contributed by atoms with Crippen LogP contribution in [-0.4, -0.2) is 56.6 Å². The summed E-state index contributed by atoms with van der Waals surface area (Å²) in [5.41, 5.74) is 4.68. The summed E-state index contributed by atoms with van der Waals surface area (Å²) >= 11 is 0. The molecule has 1 aromatic heterocycles. The number of nitrogens with one attached hydrogen (secondary N) is 1. The molecule has 2 aromatic carbocycles. The van der Waals surface area contributed by atoms with Gasteiger partial charge in [0, 0.05) is 25.1 Å². The van der Waals surface area contributed by atoms with Crippen LogP contribution < -0.4 is 5.32 Å². The summed E-state index contributed by atoms with van der Waals surface area (Å²) in [5, 5.41) is 2.32. The number of hydrogen-bond donors (Lipinski definition) is 1. The fourth-order valence-corrected chi connectivity index (χ4v) is 5.72. The van der Waals surface area contributed by atoms with Crippen LogP contribution in [0.5, 0.6) is 0 Å². The third-order valence-corrected chi connectivity index (χ3v) is 7.57. The van der Waals surface area contributed by atoms with Crippen molar-refractivity contribution < 1.29 is 18.8 Å². The third kappa shape index (κ3) is 4.13. The van der Waals surface area contributed by atoms with E-state index in [2.05, 4.69) is 15.2 Å². The second-order valence-corrected chi connectivity index (χ2v) is 9.82. The first-order chi connectivity index (χ1) is 17.5. The molecule has 0 radical (unpaired) electrons. The number of aromatic nitrogens is 2. The molecule has 0 saturated carbocycles. The molecule has 4 heterocycles. The molecule has 0 spiro atoms. The number of imide groups is 1. The lowest BCUT2D eigenvalue weighted by Gasteiger charge is -2.33. The van der Waals surface area contributed by atoms with Crippen LogP contribution in [0.25, 0.3) is 11.0 Å². The molecule has 3 aliphatic rings. The lowest BCUT2D eigenvalue weighted by molar-refractivity contribution is -0.136. The second-order valence-electron chi connectivity index (χ2n) is 9.82. The Morgan fingerprint density at radius 2 is 1.81 bits per heavy atom. The van der Waals surface area contributed by atoms with E-state index < -0.39 is 17.8 Å². The number of carbonyl (C=O) groups excluding carboxylic acids is 3. The molecular formula is C27H26FN5O3. The first-order valence-electron chi connectivity index (χ1n) is 12.4. The maximum Gasteiger partial charge on any atom is 0.255 e. The number of halogens is 1. The monoisotopic (exact) mass is 487 g/mol. The molecule has 6 rings (SSSR count). The van der Waals surface area contributed by atoms with Gasteiger partial charge in [0.2, 0.25) is 11.8 Å². The average molecular weight is 488 g/mol. The van der Waals surface area contributed by atoms with E-state index in [1.807, 2.05) is 30.5 Å². The van der Waals surface area contributed by atoms with E-state index in [9.17, 15) is 18.8 Å². The first-order valence-corrected chi connectivity index (χ1v) is 12.4. The van der Waals surface area contributed by atoms with E-state index in [0.717, 1.165) is 53.8 Å². The zero-order valence-electron chi connectivity index (χ0n) is 19.7. The quantitative estimate of drug-likeness (QED) is 0.569. The van der Waals surface area contributed by atoms with Crippen LogP contribution in [0, 0.1) is 5.82 Å². The molecule has 184 valence electrons. The molecule has 8 nitrogen and oxygen atoms in total. The Hall–Kier alpha value is -3.72. The van der Waals surface area contributed by atoms with Crippen molar-refractivity contribution in [2.45, 2.75) is 50.7 Å². The molecule has 1 unspecified atom stereocenters. The lowest BCUT2D eigenvalue weighted by Crippen LogP contribution is -2.52. The highest BCUT2D eigenvalue weighted by Crippen LogP contribution is 2.38. The number of likely N-dealkylation sites (tertiary alicyclic amines) is 1. The molecule has 36 heavy (non-hydrogen) atoms. The molecule has 0 bridgehead atoms. The van der Waals surface area contributed by atoms with Crippen LogP contribution >= 0.6 is 0 Å². The van der Waals surface area contributed by atoms with Gasteiger partial charge in [0.15, 0.2) is 0 Å². The van der Waals surface area contributed by atoms with Gasteiger partial charge >= 0.3 is 0 Å². The van der Waals surface area contributed by atoms with E-state index in [-0.39, 0.29) is 37.1 Å². The third-order valence-electron chi connectivity index (χ3n) is 7.57. The molecule has 2 fully saturated rings. The zero-order valence-corrected chi connectivity index (χ0v) is 19.7. The summed E-state index contributed by atoms with van der Waals surface area (Å²) in [6.07, 6.45) is 3.98. The van der Waals surface area contributed by atoms with Gasteiger partial charge in [-0.25, -0.2) is 9.37 Å². The average Bonchev–Trinajstić information content (AvgIpc) is 3.20. The van der Waals surface area contributed by atoms with E-state index in [0.29, 0.717) is 12.1 Å². The van der Waals surface area contributed by atoms with Crippen molar-refractivity contribution >= 4 is 28.8 Å². The van der Waals surface area contributed by atoms with Gasteiger partial charge in [-0.3, -0.25) is 29.6 Å². The number of carbonyl (C=O) groups is 3. The summed E-state index contributed by atoms with van der Waals surface area (Å²) in [5.74, 6) is -1.43. The summed E-state index contributed by atoms with van der Waals surface area (Å²) in [6.45, 7) is 2.63. The Kier molecular flexibility index (Phi) is 5.72. The minimum atomic E-state index is -0.705. The minimum absolute atomic E-state index is 0.128. The molecule has 3 amide bonds. The van der Waals surface area contributed by atoms with Crippen LogP contribution in [0.4, 0.5) is 4.39 Å². The fraction of sp³-hybridized carbons (Fsp3) is 0.370. The SMILES string of the molecule is O=C1CCC(N2Cc3c(cc(F)cc3C3CCN(Cc4cnc5ccccc5n4)CC3)C2=O)C(=O)N1. The van der Waals surface area contributed by atoms with Crippen molar-refractivity contribution in [2.24, 2.45) is 0 Å². The maximum absolute atomic E-state index is 14.6. The van der Waals surface area contributed by atoms with Gasteiger partial charge in [0.1, 0.15) is 11.9 Å². The number of nitrogens with zero attached hydrogens (tertiary/aromatic N) is 4. The van der Waals surface area contributed by atoms with E-state index in [1.54, 1.807) is 6.07 Å². The van der Waals surface area contributed by atoms with Gasteiger partial charge in [-0.05, 0) is 73.7 Å². The highest BCUT2D eigenvalue weighted by Gasteiger charge is 2.41. The van der Waals surface area contributed by atoms with Crippen molar-refractivity contribution in [1.29, 1.82) is 0 Å². The largest absolute Gasteiger partial charge is 0.322 e. The lowest BCUT2D eigenvalue weighted by atomic mass is 9.85. The van der Waals surface area contributed by atoms with Crippen LogP contribution in [-0.2, 0) is 22.7 Å². The fourth-order valence-electron chi connectivity index (χ4n) is 5.72. The van der Waals surface area contributed by atoms with E-state index in [4.69, 9.17) is 4.98 Å². The molecular weight excluding hydrogens is 461 g/mol. The van der Waals surface area contributed by atoms with Crippen molar-refractivity contribution in [3.63, 3.8) is 0 Å². The number of fused-ring (bicyclic) bond motifs is 2. The smallest absolute Gasteiger partial charge is 0.255 e. The van der Waals surface area contributed by atoms with Crippen molar-refractivity contribution in [2.75, 3.05) is 13.1 Å². The summed E-state index contributed by atoms with van der Waals surface area (Å²) in [7, 11) is 0. The topological polar surface area (TPSA) is 95.5 Å². The second kappa shape index (κ2) is 9.05. The Labute approximate surface area is 207 Å². The van der Waals surface area contributed by atoms with Crippen molar-refractivity contribution in [3.05, 3.63) is 70.8 Å². The van der Waals surface area contributed by atoms with Crippen LogP contribution in [0.3, 0.4) is 0 Å². The molecule has 2 saturated heterocycles. The van der Waals surface area contributed by atoms with Crippen LogP contribution in [0.2, 0.25) is 0 Å². The maximum atomic E-state index is 14.6. The van der Waals surface area contributed by atoms with Gasteiger partial charge in [0.05, 0.1) is 22.9 Å². The first kappa shape index (κ1) is 22.7. The van der Waals surface area contributed by atoms with Gasteiger partial charge in [-0.1, -0.05) is 12.1 Å². The number of para-hydroxylation sites is 2. The standard InChI is InChI=1S/C27H26FN5O3/c28-17-11-19(21-15-33(27(36)20(21)12-17)24-5-6-25(34)31-26(24)35)16-7-9-32(10-8-16)14-18-13-29-22-3-1-2-4-23(22)30-18/h1-4,11-13,16,24H,5-10,14-15H2,(H,31,34,35). The van der Waals surface area contributed by atoms with E-state index >= 15 is 0 Å². The van der Waals surface area contributed by atoms with Gasteiger partial charge in [-0.2, -0.15) is 0 Å². The number of rotatable bonds is 4. The normalized spacial score (nSPS) is 21.2. The highest BCUT2D eigenvalue weighted by atomic mass is 19.1. The Morgan fingerprint density at radius 1 is 1.03 bits per heavy atom. The summed E-state index contributed by atoms with van der Waals surface area (Å²) in [6, 6.07) is 9.93. The highest BCUT2D eigenvalue weighted by molar-refractivity contribution is 6.05. The molecule has 3 aliphatic heterocycles. The molecule has 3 aromatic rings. The summed E-state index contributed by atoms with van der Waals surface area (Å²) < 4.78 is 14.6. The minimum Gasteiger partial charge on any atom is -0.322 e. The zero-order chi connectivity index (χ0) is 24.8. The van der Waals surface area contributed by atoms with E-state index in [1.165, 1.54) is 11.0 Å². The number of benzene rings is 2. The Balaban J connectivity index is 1.17. The van der Waals surface area contributed by atoms with Gasteiger partial charge in [0.25, 0.3) is 5.91 Å². The number of piperidine rings is 2. The predicted molar refractivity (Wildman–Crippen MR) is 129 cm³/mol. The van der Waals surface area contributed by atoms with Crippen molar-refractivity contribution in [1.82, 2.24) is 25.1 Å². The van der Waals surface area contributed by atoms with Crippen LogP contribution in [0.1, 0.15) is 58.8 Å². The molecule has 0 aliphatic carbocycles. The number of hydrogen-bond acceptors (Lipinski definition) is 6.